The number of nitriles is 1. The fourth-order valence-corrected chi connectivity index (χ4v) is 1.19. The average molecular weight is 232 g/mol. The first kappa shape index (κ1) is 12.1. The van der Waals surface area contributed by atoms with Crippen LogP contribution in [0.25, 0.3) is 0 Å². The molecule has 1 aromatic carbocycles. The molecule has 0 unspecified atom stereocenters. The van der Waals surface area contributed by atoms with Gasteiger partial charge in [0.15, 0.2) is 0 Å². The lowest BCUT2D eigenvalue weighted by molar-refractivity contribution is -0.385. The molecule has 0 fully saturated rings. The van der Waals surface area contributed by atoms with Crippen LogP contribution in [0.3, 0.4) is 0 Å². The van der Waals surface area contributed by atoms with E-state index in [1.54, 1.807) is 12.1 Å². The van der Waals surface area contributed by atoms with Gasteiger partial charge in [-0.15, -0.1) is 0 Å². The van der Waals surface area contributed by atoms with E-state index in [2.05, 4.69) is 24.5 Å². The molecule has 16 heavy (non-hydrogen) atoms. The van der Waals surface area contributed by atoms with E-state index in [9.17, 15) is 10.1 Å². The van der Waals surface area contributed by atoms with E-state index in [1.807, 2.05) is 0 Å². The Kier molecular flexibility index (Phi) is 4.38. The van der Waals surface area contributed by atoms with Crippen LogP contribution in [0.15, 0.2) is 18.2 Å². The van der Waals surface area contributed by atoms with Crippen molar-refractivity contribution >= 4 is 18.3 Å². The number of hydrogen-bond donors (Lipinski definition) is 1. The van der Waals surface area contributed by atoms with Crippen LogP contribution in [0, 0.1) is 33.3 Å². The number of thiol groups is 1. The van der Waals surface area contributed by atoms with E-state index in [-0.39, 0.29) is 11.3 Å². The minimum Gasteiger partial charge on any atom is -0.258 e. The van der Waals surface area contributed by atoms with Gasteiger partial charge >= 0.3 is 0 Å². The summed E-state index contributed by atoms with van der Waals surface area (Å²) in [5, 5.41) is 19.3. The SMILES string of the molecule is N#Cc1ccc(C#CCCS)cc1[N+](=O)[O-]. The first-order valence-corrected chi connectivity index (χ1v) is 5.10. The maximum absolute atomic E-state index is 10.7. The molecule has 80 valence electrons. The van der Waals surface area contributed by atoms with Crippen molar-refractivity contribution in [1.82, 2.24) is 0 Å². The van der Waals surface area contributed by atoms with Gasteiger partial charge in [-0.05, 0) is 12.1 Å². The second-order valence-electron chi connectivity index (χ2n) is 2.88. The Morgan fingerprint density at radius 2 is 2.25 bits per heavy atom. The Morgan fingerprint density at radius 1 is 1.50 bits per heavy atom. The smallest absolute Gasteiger partial charge is 0.258 e. The number of nitro benzene ring substituents is 1. The molecule has 0 saturated carbocycles. The van der Waals surface area contributed by atoms with E-state index in [0.717, 1.165) is 0 Å². The molecule has 0 heterocycles. The topological polar surface area (TPSA) is 66.9 Å². The third-order valence-corrected chi connectivity index (χ3v) is 2.01. The first-order valence-electron chi connectivity index (χ1n) is 4.47. The summed E-state index contributed by atoms with van der Waals surface area (Å²) in [5.74, 6) is 6.25. The van der Waals surface area contributed by atoms with Gasteiger partial charge < -0.3 is 0 Å². The predicted molar refractivity (Wildman–Crippen MR) is 63.2 cm³/mol. The molecule has 0 radical (unpaired) electrons. The van der Waals surface area contributed by atoms with Gasteiger partial charge in [-0.2, -0.15) is 17.9 Å². The monoisotopic (exact) mass is 232 g/mol. The zero-order valence-electron chi connectivity index (χ0n) is 8.30. The molecular formula is C11H8N2O2S. The number of hydrogen-bond acceptors (Lipinski definition) is 4. The maximum Gasteiger partial charge on any atom is 0.288 e. The van der Waals surface area contributed by atoms with Crippen LogP contribution in [0.5, 0.6) is 0 Å². The summed E-state index contributed by atoms with van der Waals surface area (Å²) in [6, 6.07) is 6.08. The highest BCUT2D eigenvalue weighted by Gasteiger charge is 2.13. The zero-order valence-corrected chi connectivity index (χ0v) is 9.20. The van der Waals surface area contributed by atoms with Gasteiger partial charge in [0.25, 0.3) is 5.69 Å². The van der Waals surface area contributed by atoms with Crippen LogP contribution in [0.2, 0.25) is 0 Å². The normalized spacial score (nSPS) is 8.75. The minimum atomic E-state index is -0.581. The molecular weight excluding hydrogens is 224 g/mol. The van der Waals surface area contributed by atoms with Crippen molar-refractivity contribution in [1.29, 1.82) is 5.26 Å². The fourth-order valence-electron chi connectivity index (χ4n) is 1.08. The summed E-state index contributed by atoms with van der Waals surface area (Å²) in [7, 11) is 0. The van der Waals surface area contributed by atoms with E-state index in [1.165, 1.54) is 12.1 Å². The van der Waals surface area contributed by atoms with Crippen molar-refractivity contribution in [3.8, 4) is 17.9 Å². The quantitative estimate of drug-likeness (QED) is 0.367. The molecule has 0 aliphatic carbocycles. The number of benzene rings is 1. The van der Waals surface area contributed by atoms with Crippen LogP contribution < -0.4 is 0 Å². The summed E-state index contributed by atoms with van der Waals surface area (Å²) in [6.07, 6.45) is 0.622. The highest BCUT2D eigenvalue weighted by molar-refractivity contribution is 7.80. The number of nitrogens with zero attached hydrogens (tertiary/aromatic N) is 2. The van der Waals surface area contributed by atoms with Crippen molar-refractivity contribution in [3.63, 3.8) is 0 Å². The Balaban J connectivity index is 3.10. The fraction of sp³-hybridized carbons (Fsp3) is 0.182. The maximum atomic E-state index is 10.7. The Labute approximate surface area is 98.5 Å². The summed E-state index contributed by atoms with van der Waals surface area (Å²) >= 11 is 4.00. The molecule has 0 N–H and O–H groups in total. The van der Waals surface area contributed by atoms with Gasteiger partial charge in [-0.25, -0.2) is 0 Å². The standard InChI is InChI=1S/C11H8N2O2S/c12-8-10-5-4-9(3-1-2-6-16)7-11(10)13(14)15/h4-5,7,16H,2,6H2. The largest absolute Gasteiger partial charge is 0.288 e. The summed E-state index contributed by atoms with van der Waals surface area (Å²) in [6.45, 7) is 0. The molecule has 1 aromatic rings. The van der Waals surface area contributed by atoms with Gasteiger partial charge in [-0.3, -0.25) is 10.1 Å². The number of nitro groups is 1. The number of rotatable bonds is 2. The van der Waals surface area contributed by atoms with Crippen LogP contribution in [-0.4, -0.2) is 10.7 Å². The highest BCUT2D eigenvalue weighted by Crippen LogP contribution is 2.18. The lowest BCUT2D eigenvalue weighted by atomic mass is 10.1. The Morgan fingerprint density at radius 3 is 2.81 bits per heavy atom. The van der Waals surface area contributed by atoms with Crippen LogP contribution in [0.1, 0.15) is 17.5 Å². The van der Waals surface area contributed by atoms with Gasteiger partial charge in [0.05, 0.1) is 4.92 Å². The Hall–Kier alpha value is -1.98. The van der Waals surface area contributed by atoms with Gasteiger partial charge in [0, 0.05) is 23.8 Å². The molecule has 4 nitrogen and oxygen atoms in total. The molecule has 0 saturated heterocycles. The van der Waals surface area contributed by atoms with Crippen molar-refractivity contribution in [2.75, 3.05) is 5.75 Å². The average Bonchev–Trinajstić information content (AvgIpc) is 2.29. The molecule has 5 heteroatoms. The van der Waals surface area contributed by atoms with E-state index in [4.69, 9.17) is 5.26 Å². The molecule has 0 aromatic heterocycles. The molecule has 0 bridgehead atoms. The highest BCUT2D eigenvalue weighted by atomic mass is 32.1. The van der Waals surface area contributed by atoms with Crippen LogP contribution in [0.4, 0.5) is 5.69 Å². The molecule has 0 spiro atoms. The molecule has 0 aliphatic heterocycles. The molecule has 0 amide bonds. The van der Waals surface area contributed by atoms with E-state index < -0.39 is 4.92 Å². The third-order valence-electron chi connectivity index (χ3n) is 1.78. The summed E-state index contributed by atoms with van der Waals surface area (Å²) < 4.78 is 0. The summed E-state index contributed by atoms with van der Waals surface area (Å²) in [5.41, 5.74) is 0.373. The van der Waals surface area contributed by atoms with Crippen LogP contribution in [-0.2, 0) is 0 Å². The van der Waals surface area contributed by atoms with Crippen molar-refractivity contribution < 1.29 is 4.92 Å². The summed E-state index contributed by atoms with van der Waals surface area (Å²) in [4.78, 5) is 10.1. The van der Waals surface area contributed by atoms with Crippen LogP contribution >= 0.6 is 12.6 Å². The van der Waals surface area contributed by atoms with Crippen molar-refractivity contribution in [2.24, 2.45) is 0 Å². The van der Waals surface area contributed by atoms with Gasteiger partial charge in [0.1, 0.15) is 11.6 Å². The molecule has 0 aliphatic rings. The second-order valence-corrected chi connectivity index (χ2v) is 3.32. The molecule has 1 rings (SSSR count). The third kappa shape index (κ3) is 3.01. The van der Waals surface area contributed by atoms with E-state index >= 15 is 0 Å². The van der Waals surface area contributed by atoms with Gasteiger partial charge in [0.2, 0.25) is 0 Å². The first-order chi connectivity index (χ1) is 7.69. The molecule has 0 atom stereocenters. The van der Waals surface area contributed by atoms with Gasteiger partial charge in [-0.1, -0.05) is 11.8 Å². The van der Waals surface area contributed by atoms with E-state index in [0.29, 0.717) is 17.7 Å². The van der Waals surface area contributed by atoms with Crippen molar-refractivity contribution in [2.45, 2.75) is 6.42 Å². The zero-order chi connectivity index (χ0) is 12.0. The lowest BCUT2D eigenvalue weighted by Gasteiger charge is -1.95. The predicted octanol–water partition coefficient (Wildman–Crippen LogP) is 2.14. The van der Waals surface area contributed by atoms with Crippen molar-refractivity contribution in [3.05, 3.63) is 39.4 Å². The minimum absolute atomic E-state index is 0.0461. The Bertz CT molecular complexity index is 509. The second kappa shape index (κ2) is 5.79. The lowest BCUT2D eigenvalue weighted by Crippen LogP contribution is -1.92.